The first-order chi connectivity index (χ1) is 15.9. The summed E-state index contributed by atoms with van der Waals surface area (Å²) in [5.41, 5.74) is 1.27. The van der Waals surface area contributed by atoms with Gasteiger partial charge in [-0.25, -0.2) is 0 Å². The second-order valence-electron chi connectivity index (χ2n) is 7.20. The van der Waals surface area contributed by atoms with Crippen molar-refractivity contribution in [2.24, 2.45) is 4.99 Å². The zero-order valence-corrected chi connectivity index (χ0v) is 18.9. The van der Waals surface area contributed by atoms with E-state index in [-0.39, 0.29) is 43.4 Å². The highest BCUT2D eigenvalue weighted by Crippen LogP contribution is 2.25. The van der Waals surface area contributed by atoms with E-state index in [1.165, 1.54) is 17.4 Å². The van der Waals surface area contributed by atoms with Crippen LogP contribution in [0.3, 0.4) is 0 Å². The Hall–Kier alpha value is -3.79. The number of methoxy groups -OCH3 is 1. The van der Waals surface area contributed by atoms with Crippen molar-refractivity contribution >= 4 is 50.9 Å². The average molecular weight is 468 g/mol. The normalized spacial score (nSPS) is 14.2. The minimum atomic E-state index is -0.563. The summed E-state index contributed by atoms with van der Waals surface area (Å²) in [7, 11) is 1.55. The third kappa shape index (κ3) is 4.56. The second kappa shape index (κ2) is 9.37. The van der Waals surface area contributed by atoms with Crippen LogP contribution in [0.15, 0.2) is 47.5 Å². The quantitative estimate of drug-likeness (QED) is 0.408. The van der Waals surface area contributed by atoms with E-state index < -0.39 is 11.9 Å². The summed E-state index contributed by atoms with van der Waals surface area (Å²) in [5, 5.41) is 0. The molecule has 3 amide bonds. The molecule has 0 atom stereocenters. The van der Waals surface area contributed by atoms with Crippen LogP contribution in [0.4, 0.5) is 5.69 Å². The van der Waals surface area contributed by atoms with Crippen LogP contribution >= 0.6 is 11.3 Å². The van der Waals surface area contributed by atoms with Gasteiger partial charge in [0.05, 0.1) is 29.6 Å². The first-order valence-electron chi connectivity index (χ1n) is 10.3. The van der Waals surface area contributed by atoms with Gasteiger partial charge in [-0.05, 0) is 43.3 Å². The molecule has 1 saturated heterocycles. The van der Waals surface area contributed by atoms with Crippen LogP contribution in [0.2, 0.25) is 0 Å². The molecule has 4 rings (SSSR count). The van der Waals surface area contributed by atoms with Crippen molar-refractivity contribution < 1.29 is 28.7 Å². The number of hydrogen-bond donors (Lipinski definition) is 0. The predicted octanol–water partition coefficient (Wildman–Crippen LogP) is 2.67. The maximum atomic E-state index is 13.0. The number of benzene rings is 2. The van der Waals surface area contributed by atoms with Crippen molar-refractivity contribution in [2.45, 2.75) is 26.3 Å². The van der Waals surface area contributed by atoms with Gasteiger partial charge in [-0.3, -0.25) is 24.1 Å². The number of aromatic nitrogens is 1. The summed E-state index contributed by atoms with van der Waals surface area (Å²) in [5.74, 6) is -0.973. The number of ether oxygens (including phenoxy) is 2. The largest absolute Gasteiger partial charge is 0.497 e. The van der Waals surface area contributed by atoms with E-state index in [0.29, 0.717) is 21.8 Å². The molecule has 1 fully saturated rings. The van der Waals surface area contributed by atoms with E-state index in [1.807, 2.05) is 0 Å². The number of amides is 3. The maximum Gasteiger partial charge on any atom is 0.326 e. The van der Waals surface area contributed by atoms with Gasteiger partial charge in [-0.1, -0.05) is 17.4 Å². The van der Waals surface area contributed by atoms with Gasteiger partial charge in [0.2, 0.25) is 11.8 Å². The van der Waals surface area contributed by atoms with Gasteiger partial charge in [-0.15, -0.1) is 0 Å². The van der Waals surface area contributed by atoms with Crippen molar-refractivity contribution in [2.75, 3.05) is 18.6 Å². The summed E-state index contributed by atoms with van der Waals surface area (Å²) in [6, 6.07) is 11.6. The number of thiazole rings is 1. The summed E-state index contributed by atoms with van der Waals surface area (Å²) >= 11 is 1.24. The van der Waals surface area contributed by atoms with Gasteiger partial charge in [0.1, 0.15) is 12.3 Å². The highest BCUT2D eigenvalue weighted by atomic mass is 32.1. The van der Waals surface area contributed by atoms with Gasteiger partial charge >= 0.3 is 5.97 Å². The predicted molar refractivity (Wildman–Crippen MR) is 121 cm³/mol. The second-order valence-corrected chi connectivity index (χ2v) is 8.21. The molecule has 2 aromatic carbocycles. The number of rotatable bonds is 6. The standard InChI is InChI=1S/C23H21N3O6S/c1-3-32-21(29)13-25-17-8-7-16(31-2)12-18(17)33-23(25)24-22(30)14-5-4-6-15(11-14)26-19(27)9-10-20(26)28/h4-8,11-12H,3,9-10,13H2,1-2H3. The Kier molecular flexibility index (Phi) is 6.36. The summed E-state index contributed by atoms with van der Waals surface area (Å²) in [4.78, 5) is 54.9. The van der Waals surface area contributed by atoms with E-state index in [0.717, 1.165) is 9.60 Å². The zero-order valence-electron chi connectivity index (χ0n) is 18.1. The Balaban J connectivity index is 1.75. The van der Waals surface area contributed by atoms with Crippen molar-refractivity contribution in [1.29, 1.82) is 0 Å². The van der Waals surface area contributed by atoms with E-state index in [2.05, 4.69) is 4.99 Å². The third-order valence-electron chi connectivity index (χ3n) is 5.08. The van der Waals surface area contributed by atoms with Crippen molar-refractivity contribution in [3.8, 4) is 5.75 Å². The molecule has 170 valence electrons. The molecule has 0 unspecified atom stereocenters. The lowest BCUT2D eigenvalue weighted by molar-refractivity contribution is -0.143. The summed E-state index contributed by atoms with van der Waals surface area (Å²) in [6.07, 6.45) is 0.307. The van der Waals surface area contributed by atoms with E-state index in [4.69, 9.17) is 9.47 Å². The summed E-state index contributed by atoms with van der Waals surface area (Å²) < 4.78 is 12.7. The lowest BCUT2D eigenvalue weighted by Gasteiger charge is -2.14. The van der Waals surface area contributed by atoms with E-state index >= 15 is 0 Å². The van der Waals surface area contributed by atoms with Gasteiger partial charge in [-0.2, -0.15) is 4.99 Å². The molecular formula is C23H21N3O6S. The van der Waals surface area contributed by atoms with Gasteiger partial charge in [0.15, 0.2) is 4.80 Å². The molecule has 0 spiro atoms. The molecule has 33 heavy (non-hydrogen) atoms. The van der Waals surface area contributed by atoms with Crippen LogP contribution in [-0.4, -0.2) is 42.0 Å². The summed E-state index contributed by atoms with van der Waals surface area (Å²) in [6.45, 7) is 1.85. The number of carbonyl (C=O) groups is 4. The van der Waals surface area contributed by atoms with Gasteiger partial charge in [0, 0.05) is 18.4 Å². The molecule has 0 radical (unpaired) electrons. The fraction of sp³-hybridized carbons (Fsp3) is 0.261. The minimum Gasteiger partial charge on any atom is -0.497 e. The van der Waals surface area contributed by atoms with Crippen molar-refractivity contribution in [3.63, 3.8) is 0 Å². The number of imide groups is 1. The Morgan fingerprint density at radius 2 is 1.85 bits per heavy atom. The maximum absolute atomic E-state index is 13.0. The van der Waals surface area contributed by atoms with E-state index in [1.54, 1.807) is 55.0 Å². The fourth-order valence-corrected chi connectivity index (χ4v) is 4.60. The molecule has 0 saturated carbocycles. The monoisotopic (exact) mass is 467 g/mol. The number of anilines is 1. The molecule has 1 aliphatic rings. The van der Waals surface area contributed by atoms with Gasteiger partial charge < -0.3 is 14.0 Å². The molecule has 1 aromatic heterocycles. The number of nitrogens with zero attached hydrogens (tertiary/aromatic N) is 3. The van der Waals surface area contributed by atoms with Crippen molar-refractivity contribution in [1.82, 2.24) is 4.57 Å². The molecule has 9 nitrogen and oxygen atoms in total. The fourth-order valence-electron chi connectivity index (χ4n) is 3.55. The third-order valence-corrected chi connectivity index (χ3v) is 6.12. The molecule has 0 N–H and O–H groups in total. The van der Waals surface area contributed by atoms with Crippen LogP contribution < -0.4 is 14.4 Å². The Bertz CT molecular complexity index is 1320. The molecule has 1 aliphatic heterocycles. The molecule has 0 aliphatic carbocycles. The Labute approximate surface area is 192 Å². The van der Waals surface area contributed by atoms with E-state index in [9.17, 15) is 19.2 Å². The minimum absolute atomic E-state index is 0.108. The first-order valence-corrected chi connectivity index (χ1v) is 11.1. The van der Waals surface area contributed by atoms with Gasteiger partial charge in [0.25, 0.3) is 5.91 Å². The molecule has 0 bridgehead atoms. The highest BCUT2D eigenvalue weighted by molar-refractivity contribution is 7.16. The SMILES string of the molecule is CCOC(=O)Cn1c(=NC(=O)c2cccc(N3C(=O)CCC3=O)c2)sc2cc(OC)ccc21. The molecule has 2 heterocycles. The molecule has 10 heteroatoms. The van der Waals surface area contributed by atoms with Crippen LogP contribution in [-0.2, 0) is 25.7 Å². The van der Waals surface area contributed by atoms with Crippen LogP contribution in [0.1, 0.15) is 30.1 Å². The average Bonchev–Trinajstić information content (AvgIpc) is 3.32. The first kappa shape index (κ1) is 22.4. The number of esters is 1. The van der Waals surface area contributed by atoms with Crippen LogP contribution in [0.25, 0.3) is 10.2 Å². The highest BCUT2D eigenvalue weighted by Gasteiger charge is 2.30. The number of carbonyl (C=O) groups excluding carboxylic acids is 4. The topological polar surface area (TPSA) is 107 Å². The number of fused-ring (bicyclic) bond motifs is 1. The number of hydrogen-bond acceptors (Lipinski definition) is 7. The van der Waals surface area contributed by atoms with Crippen LogP contribution in [0, 0.1) is 0 Å². The molecular weight excluding hydrogens is 446 g/mol. The van der Waals surface area contributed by atoms with Crippen LogP contribution in [0.5, 0.6) is 5.75 Å². The van der Waals surface area contributed by atoms with Crippen molar-refractivity contribution in [3.05, 3.63) is 52.8 Å². The zero-order chi connectivity index (χ0) is 23.5. The Morgan fingerprint density at radius 3 is 2.55 bits per heavy atom. The lowest BCUT2D eigenvalue weighted by Crippen LogP contribution is -2.28. The lowest BCUT2D eigenvalue weighted by atomic mass is 10.2. The Morgan fingerprint density at radius 1 is 1.09 bits per heavy atom. The molecule has 3 aromatic rings. The smallest absolute Gasteiger partial charge is 0.326 e.